The highest BCUT2D eigenvalue weighted by Gasteiger charge is 2.38. The summed E-state index contributed by atoms with van der Waals surface area (Å²) in [5.41, 5.74) is 5.46. The summed E-state index contributed by atoms with van der Waals surface area (Å²) in [6.07, 6.45) is 4.92. The van der Waals surface area contributed by atoms with Crippen molar-refractivity contribution >= 4 is 11.8 Å². The quantitative estimate of drug-likeness (QED) is 0.239. The summed E-state index contributed by atoms with van der Waals surface area (Å²) in [5, 5.41) is 0.864. The molecule has 1 aliphatic carbocycles. The smallest absolute Gasteiger partial charge is 0.258 e. The van der Waals surface area contributed by atoms with E-state index < -0.39 is 0 Å². The predicted molar refractivity (Wildman–Crippen MR) is 131 cm³/mol. The lowest BCUT2D eigenvalue weighted by atomic mass is 9.69. The van der Waals surface area contributed by atoms with Gasteiger partial charge in [-0.1, -0.05) is 93.6 Å². The summed E-state index contributed by atoms with van der Waals surface area (Å²) in [4.78, 5) is 19.2. The summed E-state index contributed by atoms with van der Waals surface area (Å²) >= 11 is 1.73. The molecule has 0 spiro atoms. The topological polar surface area (TPSA) is 34.9 Å². The molecule has 1 heterocycles. The first-order valence-electron chi connectivity index (χ1n) is 11.5. The van der Waals surface area contributed by atoms with Crippen LogP contribution < -0.4 is 5.56 Å². The van der Waals surface area contributed by atoms with E-state index in [4.69, 9.17) is 4.98 Å². The Labute approximate surface area is 189 Å². The first kappa shape index (κ1) is 21.9. The highest BCUT2D eigenvalue weighted by atomic mass is 32.2. The van der Waals surface area contributed by atoms with Crippen molar-refractivity contribution in [2.24, 2.45) is 0 Å². The Kier molecular flexibility index (Phi) is 6.66. The standard InChI is InChI=1S/C27H32N2OS/c1-4-6-18-31-26-28-24-22-15-11-10-14-21(22)19-27(3,5-2)23(24)25(30)29(26)17-16-20-12-8-7-9-13-20/h7-15H,4-6,16-19H2,1-3H3/t27-/m0/s1. The molecule has 31 heavy (non-hydrogen) atoms. The normalized spacial score (nSPS) is 17.3. The number of rotatable bonds is 8. The van der Waals surface area contributed by atoms with Gasteiger partial charge in [0.05, 0.1) is 11.3 Å². The van der Waals surface area contributed by atoms with Crippen molar-refractivity contribution in [1.29, 1.82) is 0 Å². The van der Waals surface area contributed by atoms with Crippen LogP contribution in [-0.4, -0.2) is 15.3 Å². The number of hydrogen-bond donors (Lipinski definition) is 0. The van der Waals surface area contributed by atoms with Crippen LogP contribution in [0.1, 0.15) is 56.7 Å². The molecule has 1 aromatic heterocycles. The molecular weight excluding hydrogens is 400 g/mol. The molecule has 2 aromatic carbocycles. The van der Waals surface area contributed by atoms with Crippen LogP contribution in [0.4, 0.5) is 0 Å². The first-order chi connectivity index (χ1) is 15.1. The molecule has 0 saturated heterocycles. The van der Waals surface area contributed by atoms with Gasteiger partial charge in [-0.3, -0.25) is 9.36 Å². The lowest BCUT2D eigenvalue weighted by Gasteiger charge is -2.36. The van der Waals surface area contributed by atoms with Gasteiger partial charge in [0.15, 0.2) is 5.16 Å². The fourth-order valence-corrected chi connectivity index (χ4v) is 5.59. The van der Waals surface area contributed by atoms with Gasteiger partial charge in [-0.25, -0.2) is 4.98 Å². The van der Waals surface area contributed by atoms with Crippen LogP contribution in [0.15, 0.2) is 64.5 Å². The van der Waals surface area contributed by atoms with Crippen LogP contribution in [0.2, 0.25) is 0 Å². The first-order valence-corrected chi connectivity index (χ1v) is 12.5. The van der Waals surface area contributed by atoms with Crippen LogP contribution in [0.5, 0.6) is 0 Å². The van der Waals surface area contributed by atoms with Gasteiger partial charge >= 0.3 is 0 Å². The van der Waals surface area contributed by atoms with E-state index in [1.807, 2.05) is 10.6 Å². The number of thioether (sulfide) groups is 1. The Bertz CT molecular complexity index is 1110. The van der Waals surface area contributed by atoms with Gasteiger partial charge in [0, 0.05) is 23.3 Å². The molecule has 0 radical (unpaired) electrons. The van der Waals surface area contributed by atoms with E-state index in [9.17, 15) is 4.79 Å². The van der Waals surface area contributed by atoms with E-state index in [1.54, 1.807) is 11.8 Å². The third kappa shape index (κ3) is 4.36. The molecule has 0 bridgehead atoms. The lowest BCUT2D eigenvalue weighted by Crippen LogP contribution is -2.40. The van der Waals surface area contributed by atoms with Crippen molar-refractivity contribution in [2.75, 3.05) is 5.75 Å². The molecule has 0 aliphatic heterocycles. The van der Waals surface area contributed by atoms with E-state index in [2.05, 4.69) is 69.3 Å². The van der Waals surface area contributed by atoms with E-state index in [-0.39, 0.29) is 11.0 Å². The van der Waals surface area contributed by atoms with Crippen LogP contribution in [0, 0.1) is 0 Å². The van der Waals surface area contributed by atoms with Gasteiger partial charge in [-0.2, -0.15) is 0 Å². The lowest BCUT2D eigenvalue weighted by molar-refractivity contribution is 0.427. The van der Waals surface area contributed by atoms with Crippen LogP contribution in [0.3, 0.4) is 0 Å². The number of hydrogen-bond acceptors (Lipinski definition) is 3. The van der Waals surface area contributed by atoms with Gasteiger partial charge in [-0.15, -0.1) is 0 Å². The molecule has 0 amide bonds. The van der Waals surface area contributed by atoms with Crippen LogP contribution in [-0.2, 0) is 24.8 Å². The maximum absolute atomic E-state index is 14.0. The number of fused-ring (bicyclic) bond motifs is 3. The van der Waals surface area contributed by atoms with Crippen molar-refractivity contribution in [2.45, 2.75) is 70.0 Å². The Hall–Kier alpha value is -2.33. The summed E-state index contributed by atoms with van der Waals surface area (Å²) in [7, 11) is 0. The zero-order valence-corrected chi connectivity index (χ0v) is 19.7. The number of unbranched alkanes of at least 4 members (excludes halogenated alkanes) is 1. The second-order valence-electron chi connectivity index (χ2n) is 8.76. The zero-order chi connectivity index (χ0) is 21.8. The molecule has 4 heteroatoms. The molecule has 0 N–H and O–H groups in total. The summed E-state index contributed by atoms with van der Waals surface area (Å²) < 4.78 is 1.95. The highest BCUT2D eigenvalue weighted by Crippen LogP contribution is 2.43. The molecule has 1 atom stereocenters. The number of aryl methyl sites for hydroxylation is 1. The minimum absolute atomic E-state index is 0.152. The summed E-state index contributed by atoms with van der Waals surface area (Å²) in [6.45, 7) is 7.29. The average Bonchev–Trinajstić information content (AvgIpc) is 2.79. The Morgan fingerprint density at radius 3 is 2.55 bits per heavy atom. The average molecular weight is 433 g/mol. The zero-order valence-electron chi connectivity index (χ0n) is 18.9. The second-order valence-corrected chi connectivity index (χ2v) is 9.82. The maximum atomic E-state index is 14.0. The van der Waals surface area contributed by atoms with Crippen molar-refractivity contribution in [3.63, 3.8) is 0 Å². The van der Waals surface area contributed by atoms with E-state index in [0.717, 1.165) is 59.8 Å². The summed E-state index contributed by atoms with van der Waals surface area (Å²) in [6, 6.07) is 18.9. The second kappa shape index (κ2) is 9.44. The molecule has 0 saturated carbocycles. The van der Waals surface area contributed by atoms with Gasteiger partial charge in [0.1, 0.15) is 0 Å². The fourth-order valence-electron chi connectivity index (χ4n) is 4.49. The molecule has 162 valence electrons. The Morgan fingerprint density at radius 1 is 1.06 bits per heavy atom. The van der Waals surface area contributed by atoms with E-state index in [0.29, 0.717) is 6.54 Å². The number of benzene rings is 2. The third-order valence-electron chi connectivity index (χ3n) is 6.57. The predicted octanol–water partition coefficient (Wildman–Crippen LogP) is 6.27. The van der Waals surface area contributed by atoms with Crippen LogP contribution >= 0.6 is 11.8 Å². The van der Waals surface area contributed by atoms with E-state index in [1.165, 1.54) is 11.1 Å². The molecule has 3 nitrogen and oxygen atoms in total. The van der Waals surface area contributed by atoms with E-state index >= 15 is 0 Å². The Morgan fingerprint density at radius 2 is 1.81 bits per heavy atom. The van der Waals surface area contributed by atoms with Gasteiger partial charge < -0.3 is 0 Å². The molecular formula is C27H32N2OS. The largest absolute Gasteiger partial charge is 0.287 e. The fraction of sp³-hybridized carbons (Fsp3) is 0.407. The third-order valence-corrected chi connectivity index (χ3v) is 7.63. The van der Waals surface area contributed by atoms with Crippen molar-refractivity contribution in [1.82, 2.24) is 9.55 Å². The number of aromatic nitrogens is 2. The minimum Gasteiger partial charge on any atom is -0.287 e. The van der Waals surface area contributed by atoms with Crippen LogP contribution in [0.25, 0.3) is 11.3 Å². The molecule has 4 rings (SSSR count). The van der Waals surface area contributed by atoms with Gasteiger partial charge in [0.2, 0.25) is 0 Å². The van der Waals surface area contributed by atoms with Crippen molar-refractivity contribution < 1.29 is 0 Å². The minimum atomic E-state index is -0.186. The molecule has 3 aromatic rings. The number of nitrogens with zero attached hydrogens (tertiary/aromatic N) is 2. The van der Waals surface area contributed by atoms with Crippen molar-refractivity contribution in [3.05, 3.63) is 81.6 Å². The van der Waals surface area contributed by atoms with Crippen molar-refractivity contribution in [3.8, 4) is 11.3 Å². The molecule has 0 unspecified atom stereocenters. The molecule has 1 aliphatic rings. The monoisotopic (exact) mass is 432 g/mol. The van der Waals surface area contributed by atoms with Gasteiger partial charge in [0.25, 0.3) is 5.56 Å². The Balaban J connectivity index is 1.84. The summed E-state index contributed by atoms with van der Waals surface area (Å²) in [5.74, 6) is 0.986. The maximum Gasteiger partial charge on any atom is 0.258 e. The SMILES string of the molecule is CCCCSc1nc2c(c(=O)n1CCc1ccccc1)[C@@](C)(CC)Cc1ccccc1-2. The molecule has 0 fully saturated rings. The highest BCUT2D eigenvalue weighted by molar-refractivity contribution is 7.99. The van der Waals surface area contributed by atoms with Gasteiger partial charge in [-0.05, 0) is 36.8 Å².